The van der Waals surface area contributed by atoms with Crippen molar-refractivity contribution >= 4 is 46.2 Å². The van der Waals surface area contributed by atoms with Crippen molar-refractivity contribution in [2.45, 2.75) is 135 Å². The van der Waals surface area contributed by atoms with Crippen LogP contribution in [0.1, 0.15) is 107 Å². The van der Waals surface area contributed by atoms with Gasteiger partial charge in [-0.05, 0) is 109 Å². The summed E-state index contributed by atoms with van der Waals surface area (Å²) in [7, 11) is 2.14. The lowest BCUT2D eigenvalue weighted by Crippen LogP contribution is -2.56. The number of likely N-dealkylation sites (tertiary alicyclic amines) is 1. The number of aryl methyl sites for hydroxylation is 1. The molecule has 0 aliphatic carbocycles. The lowest BCUT2D eigenvalue weighted by molar-refractivity contribution is -0.155. The van der Waals surface area contributed by atoms with Crippen molar-refractivity contribution in [2.75, 3.05) is 89.2 Å². The summed E-state index contributed by atoms with van der Waals surface area (Å²) >= 11 is 0. The van der Waals surface area contributed by atoms with E-state index in [2.05, 4.69) is 70.3 Å². The molecule has 0 bridgehead atoms. The van der Waals surface area contributed by atoms with Crippen LogP contribution in [0.15, 0.2) is 60.7 Å². The number of hydrogen-bond acceptors (Lipinski definition) is 16. The van der Waals surface area contributed by atoms with E-state index < -0.39 is 35.2 Å². The van der Waals surface area contributed by atoms with Gasteiger partial charge in [-0.1, -0.05) is 36.4 Å². The second-order valence-electron chi connectivity index (χ2n) is 22.4. The van der Waals surface area contributed by atoms with E-state index in [1.807, 2.05) is 20.8 Å². The van der Waals surface area contributed by atoms with Crippen molar-refractivity contribution in [3.8, 4) is 11.8 Å². The largest absolute Gasteiger partial charge is 0.491 e. The van der Waals surface area contributed by atoms with Gasteiger partial charge in [-0.15, -0.1) is 0 Å². The number of carbonyl (C=O) groups is 4. The van der Waals surface area contributed by atoms with Crippen molar-refractivity contribution in [1.29, 1.82) is 5.26 Å². The van der Waals surface area contributed by atoms with Crippen LogP contribution in [0, 0.1) is 11.3 Å². The van der Waals surface area contributed by atoms with Gasteiger partial charge < -0.3 is 58.7 Å². The number of esters is 1. The van der Waals surface area contributed by atoms with Crippen LogP contribution in [0.4, 0.5) is 16.3 Å². The van der Waals surface area contributed by atoms with Crippen molar-refractivity contribution in [3.63, 3.8) is 0 Å². The van der Waals surface area contributed by atoms with E-state index >= 15 is 0 Å². The van der Waals surface area contributed by atoms with Crippen LogP contribution >= 0.6 is 0 Å². The van der Waals surface area contributed by atoms with E-state index in [4.69, 9.17) is 44.1 Å². The van der Waals surface area contributed by atoms with E-state index in [9.17, 15) is 24.4 Å². The topological polar surface area (TPSA) is 215 Å². The molecule has 8 rings (SSSR count). The molecular formula is C58H77N9O10. The zero-order valence-corrected chi connectivity index (χ0v) is 46.0. The molecule has 2 N–H and O–H groups in total. The minimum Gasteiger partial charge on any atom is -0.491 e. The minimum atomic E-state index is -0.947. The highest BCUT2D eigenvalue weighted by Gasteiger charge is 2.38. The first-order valence-corrected chi connectivity index (χ1v) is 27.1. The number of fused-ring (bicyclic) bond motifs is 3. The minimum absolute atomic E-state index is 0.0426. The molecule has 2 fully saturated rings. The SMILES string of the molecule is CN1C[C@H](OCCOCCOCCOc2ccc3c(c2)CN(C(CCC(=O)OC(C)(C)C)C(N)=O)C3=O)C[C@H]1CCc1nc2c(c(N3CCN(C(=O)OC(C)(C)C)[C@@H](CC#N)C3)n1)CCN(c1cccc3ccccc13)C2. The van der Waals surface area contributed by atoms with E-state index in [0.717, 1.165) is 55.3 Å². The second kappa shape index (κ2) is 25.3. The fourth-order valence-electron chi connectivity index (χ4n) is 10.8. The standard InChI is InChI=1S/C58H77N9O10/c1-57(2,3)76-52(68)20-18-50(53(60)69)67-35-40-33-43(16-17-46(40)55(67)70)74-31-29-72-27-28-73-30-32-75-44-34-41(63(7)37-44)15-19-51-61-48-38-64(49-14-10-12-39-11-8-9-13-45(39)49)24-22-47(48)54(62-51)65-25-26-66(42(36-65)21-23-59)56(71)77-58(4,5)6/h8-14,16-17,33,41-42,44,50H,15,18-22,24-32,34-38H2,1-7H3,(H2,60,69)/t41-,42+,44-,50?/m1/s1. The number of primary amides is 1. The molecule has 4 aliphatic heterocycles. The number of amides is 3. The molecule has 19 nitrogen and oxygen atoms in total. The molecule has 0 radical (unpaired) electrons. The molecule has 2 saturated heterocycles. The molecule has 414 valence electrons. The van der Waals surface area contributed by atoms with Crippen LogP contribution in [-0.4, -0.2) is 163 Å². The lowest BCUT2D eigenvalue weighted by Gasteiger charge is -2.42. The average molecular weight is 1060 g/mol. The first-order valence-electron chi connectivity index (χ1n) is 27.1. The Morgan fingerprint density at radius 3 is 2.32 bits per heavy atom. The summed E-state index contributed by atoms with van der Waals surface area (Å²) in [4.78, 5) is 71.9. The zero-order valence-electron chi connectivity index (χ0n) is 46.0. The summed E-state index contributed by atoms with van der Waals surface area (Å²) in [5, 5.41) is 12.3. The highest BCUT2D eigenvalue weighted by Crippen LogP contribution is 2.35. The predicted octanol–water partition coefficient (Wildman–Crippen LogP) is 6.60. The van der Waals surface area contributed by atoms with E-state index in [1.54, 1.807) is 43.9 Å². The Balaban J connectivity index is 0.780. The van der Waals surface area contributed by atoms with Crippen LogP contribution in [0.3, 0.4) is 0 Å². The summed E-state index contributed by atoms with van der Waals surface area (Å²) < 4.78 is 34.9. The fourth-order valence-corrected chi connectivity index (χ4v) is 10.8. The molecule has 4 atom stereocenters. The molecule has 19 heteroatoms. The third kappa shape index (κ3) is 14.9. The molecule has 1 aromatic heterocycles. The summed E-state index contributed by atoms with van der Waals surface area (Å²) in [6, 6.07) is 21.4. The molecule has 0 spiro atoms. The zero-order chi connectivity index (χ0) is 54.9. The van der Waals surface area contributed by atoms with Gasteiger partial charge in [-0.25, -0.2) is 14.8 Å². The highest BCUT2D eigenvalue weighted by atomic mass is 16.6. The average Bonchev–Trinajstić information content (AvgIpc) is 3.91. The van der Waals surface area contributed by atoms with E-state index in [0.29, 0.717) is 89.1 Å². The van der Waals surface area contributed by atoms with Crippen LogP contribution in [0.25, 0.3) is 10.8 Å². The second-order valence-corrected chi connectivity index (χ2v) is 22.4. The van der Waals surface area contributed by atoms with Gasteiger partial charge in [-0.3, -0.25) is 14.4 Å². The van der Waals surface area contributed by atoms with Gasteiger partial charge in [0.2, 0.25) is 5.91 Å². The number of hydrogen-bond donors (Lipinski definition) is 1. The number of nitriles is 1. The Kier molecular flexibility index (Phi) is 18.6. The van der Waals surface area contributed by atoms with E-state index in [-0.39, 0.29) is 49.9 Å². The van der Waals surface area contributed by atoms with E-state index in [1.165, 1.54) is 21.4 Å². The molecule has 3 amide bonds. The van der Waals surface area contributed by atoms with Gasteiger partial charge in [-0.2, -0.15) is 5.26 Å². The predicted molar refractivity (Wildman–Crippen MR) is 291 cm³/mol. The smallest absolute Gasteiger partial charge is 0.410 e. The molecule has 0 saturated carbocycles. The number of likely N-dealkylation sites (N-methyl/N-ethyl adjacent to an activating group) is 1. The van der Waals surface area contributed by atoms with Gasteiger partial charge in [0.1, 0.15) is 41.2 Å². The number of benzene rings is 3. The fraction of sp³-hybridized carbons (Fsp3) is 0.569. The lowest BCUT2D eigenvalue weighted by atomic mass is 10.0. The van der Waals surface area contributed by atoms with Gasteiger partial charge in [0.25, 0.3) is 5.91 Å². The number of ether oxygens (including phenoxy) is 6. The van der Waals surface area contributed by atoms with Gasteiger partial charge in [0.05, 0.1) is 69.9 Å². The highest BCUT2D eigenvalue weighted by molar-refractivity contribution is 6.01. The van der Waals surface area contributed by atoms with Gasteiger partial charge >= 0.3 is 12.1 Å². The number of piperazine rings is 1. The molecule has 3 aromatic carbocycles. The quantitative estimate of drug-likeness (QED) is 0.0648. The number of nitrogens with zero attached hydrogens (tertiary/aromatic N) is 8. The number of carbonyl (C=O) groups excluding carboxylic acids is 4. The summed E-state index contributed by atoms with van der Waals surface area (Å²) in [5.74, 6) is 0.818. The van der Waals surface area contributed by atoms with Crippen molar-refractivity contribution < 1.29 is 47.6 Å². The third-order valence-electron chi connectivity index (χ3n) is 14.4. The monoisotopic (exact) mass is 1060 g/mol. The molecule has 1 unspecified atom stereocenters. The normalized spacial score (nSPS) is 19.2. The van der Waals surface area contributed by atoms with Gasteiger partial charge in [0.15, 0.2) is 0 Å². The maximum atomic E-state index is 13.3. The Bertz CT molecular complexity index is 2770. The summed E-state index contributed by atoms with van der Waals surface area (Å²) in [6.07, 6.45) is 3.11. The summed E-state index contributed by atoms with van der Waals surface area (Å²) in [6.45, 7) is 17.1. The Hall–Kier alpha value is -6.59. The molecule has 4 aliphatic rings. The number of anilines is 2. The van der Waals surface area contributed by atoms with Crippen LogP contribution < -0.4 is 20.3 Å². The maximum Gasteiger partial charge on any atom is 0.410 e. The maximum absolute atomic E-state index is 13.3. The number of rotatable bonds is 22. The first-order chi connectivity index (χ1) is 36.8. The van der Waals surface area contributed by atoms with Crippen LogP contribution in [0.5, 0.6) is 5.75 Å². The number of aromatic nitrogens is 2. The number of nitrogens with two attached hydrogens (primary N) is 1. The molecule has 77 heavy (non-hydrogen) atoms. The Labute approximate surface area is 452 Å². The summed E-state index contributed by atoms with van der Waals surface area (Å²) in [5.41, 5.74) is 8.89. The molecule has 4 aromatic rings. The Morgan fingerprint density at radius 2 is 1.57 bits per heavy atom. The van der Waals surface area contributed by atoms with Crippen LogP contribution in [0.2, 0.25) is 0 Å². The van der Waals surface area contributed by atoms with Crippen molar-refractivity contribution in [2.24, 2.45) is 5.73 Å². The Morgan fingerprint density at radius 1 is 0.831 bits per heavy atom. The first kappa shape index (κ1) is 56.6. The van der Waals surface area contributed by atoms with Crippen molar-refractivity contribution in [3.05, 3.63) is 88.9 Å². The molecular weight excluding hydrogens is 983 g/mol. The molecule has 5 heterocycles. The third-order valence-corrected chi connectivity index (χ3v) is 14.4. The van der Waals surface area contributed by atoms with Crippen LogP contribution in [-0.2, 0) is 59.2 Å². The van der Waals surface area contributed by atoms with Gasteiger partial charge in [0, 0.05) is 80.4 Å². The van der Waals surface area contributed by atoms with Crippen molar-refractivity contribution in [1.82, 2.24) is 24.7 Å².